The molecule has 2 aromatic heterocycles. The number of nitrogens with zero attached hydrogens (tertiary/aromatic N) is 4. The number of anilines is 2. The summed E-state index contributed by atoms with van der Waals surface area (Å²) in [5.41, 5.74) is 6.33. The lowest BCUT2D eigenvalue weighted by Crippen LogP contribution is -2.47. The van der Waals surface area contributed by atoms with Gasteiger partial charge in [0.1, 0.15) is 11.7 Å². The highest BCUT2D eigenvalue weighted by molar-refractivity contribution is 7.13. The van der Waals surface area contributed by atoms with Gasteiger partial charge in [-0.25, -0.2) is 9.97 Å². The van der Waals surface area contributed by atoms with Gasteiger partial charge in [-0.1, -0.05) is 0 Å². The van der Waals surface area contributed by atoms with E-state index in [9.17, 15) is 0 Å². The van der Waals surface area contributed by atoms with Crippen LogP contribution in [-0.2, 0) is 0 Å². The molecule has 2 aromatic rings. The summed E-state index contributed by atoms with van der Waals surface area (Å²) in [6.07, 6.45) is 3.58. The topological polar surface area (TPSA) is 82.1 Å². The first-order valence-electron chi connectivity index (χ1n) is 6.44. The van der Waals surface area contributed by atoms with Crippen LogP contribution in [0, 0.1) is 5.41 Å². The summed E-state index contributed by atoms with van der Waals surface area (Å²) < 4.78 is 0. The average molecular weight is 288 g/mol. The first-order valence-corrected chi connectivity index (χ1v) is 7.32. The van der Waals surface area contributed by atoms with Crippen molar-refractivity contribution in [3.8, 4) is 0 Å². The zero-order valence-corrected chi connectivity index (χ0v) is 11.8. The Morgan fingerprint density at radius 2 is 1.90 bits per heavy atom. The lowest BCUT2D eigenvalue weighted by Gasteiger charge is -2.35. The second-order valence-corrected chi connectivity index (χ2v) is 5.45. The summed E-state index contributed by atoms with van der Waals surface area (Å²) in [5, 5.41) is 10.7. The fraction of sp³-hybridized carbons (Fsp3) is 0.308. The minimum absolute atomic E-state index is 0.0652. The van der Waals surface area contributed by atoms with E-state index in [-0.39, 0.29) is 5.84 Å². The second-order valence-electron chi connectivity index (χ2n) is 4.58. The zero-order chi connectivity index (χ0) is 13.9. The Hall–Kier alpha value is -2.15. The lowest BCUT2D eigenvalue weighted by molar-refractivity contribution is 0.645. The molecule has 3 heterocycles. The van der Waals surface area contributed by atoms with E-state index in [0.29, 0.717) is 5.56 Å². The number of nitrogen functional groups attached to an aromatic ring is 1. The predicted molar refractivity (Wildman–Crippen MR) is 81.8 cm³/mol. The van der Waals surface area contributed by atoms with Crippen LogP contribution in [0.3, 0.4) is 0 Å². The van der Waals surface area contributed by atoms with E-state index >= 15 is 0 Å². The third kappa shape index (κ3) is 2.44. The van der Waals surface area contributed by atoms with Gasteiger partial charge in [0.2, 0.25) is 0 Å². The Morgan fingerprint density at radius 1 is 1.15 bits per heavy atom. The second kappa shape index (κ2) is 5.46. The molecule has 0 radical (unpaired) electrons. The predicted octanol–water partition coefficient (Wildman–Crippen LogP) is 1.15. The van der Waals surface area contributed by atoms with E-state index in [0.717, 1.165) is 37.1 Å². The Bertz CT molecular complexity index is 589. The molecule has 20 heavy (non-hydrogen) atoms. The highest BCUT2D eigenvalue weighted by Gasteiger charge is 2.21. The van der Waals surface area contributed by atoms with E-state index in [1.54, 1.807) is 17.5 Å². The van der Waals surface area contributed by atoms with Gasteiger partial charge in [0.25, 0.3) is 0 Å². The summed E-state index contributed by atoms with van der Waals surface area (Å²) >= 11 is 1.66. The summed E-state index contributed by atoms with van der Waals surface area (Å²) in [6.45, 7) is 3.52. The largest absolute Gasteiger partial charge is 0.384 e. The van der Waals surface area contributed by atoms with Crippen molar-refractivity contribution in [1.82, 2.24) is 9.97 Å². The summed E-state index contributed by atoms with van der Waals surface area (Å²) in [6, 6.07) is 3.66. The number of hydrogen-bond acceptors (Lipinski definition) is 6. The molecule has 1 saturated heterocycles. The number of nitrogens with one attached hydrogen (secondary N) is 1. The third-order valence-corrected chi connectivity index (χ3v) is 4.18. The molecule has 1 aliphatic heterocycles. The van der Waals surface area contributed by atoms with Crippen LogP contribution >= 0.6 is 11.3 Å². The fourth-order valence-corrected chi connectivity index (χ4v) is 3.04. The monoisotopic (exact) mass is 288 g/mol. The van der Waals surface area contributed by atoms with Crippen LogP contribution in [0.4, 0.5) is 10.9 Å². The van der Waals surface area contributed by atoms with Crippen molar-refractivity contribution in [2.45, 2.75) is 0 Å². The fourth-order valence-electron chi connectivity index (χ4n) is 2.34. The Labute approximate surface area is 121 Å². The number of piperazine rings is 1. The Morgan fingerprint density at radius 3 is 2.55 bits per heavy atom. The summed E-state index contributed by atoms with van der Waals surface area (Å²) in [7, 11) is 0. The number of nitrogens with two attached hydrogens (primary N) is 1. The molecule has 0 amide bonds. The van der Waals surface area contributed by atoms with E-state index < -0.39 is 0 Å². The zero-order valence-electron chi connectivity index (χ0n) is 11.0. The molecule has 3 N–H and O–H groups in total. The molecule has 1 fully saturated rings. The average Bonchev–Trinajstić information content (AvgIpc) is 3.02. The molecular formula is C13H16N6S. The Kier molecular flexibility index (Phi) is 3.51. The maximum atomic E-state index is 7.64. The normalized spacial score (nSPS) is 15.4. The molecule has 0 bridgehead atoms. The molecule has 104 valence electrons. The SMILES string of the molecule is N=C(N)c1cccnc1N1CCN(c2nccs2)CC1. The number of thiazole rings is 1. The van der Waals surface area contributed by atoms with Crippen molar-refractivity contribution >= 4 is 28.1 Å². The van der Waals surface area contributed by atoms with Crippen molar-refractivity contribution in [3.05, 3.63) is 35.5 Å². The van der Waals surface area contributed by atoms with Crippen molar-refractivity contribution < 1.29 is 0 Å². The highest BCUT2D eigenvalue weighted by Crippen LogP contribution is 2.22. The highest BCUT2D eigenvalue weighted by atomic mass is 32.1. The van der Waals surface area contributed by atoms with Gasteiger partial charge >= 0.3 is 0 Å². The molecule has 0 unspecified atom stereocenters. The van der Waals surface area contributed by atoms with E-state index in [1.165, 1.54) is 0 Å². The van der Waals surface area contributed by atoms with E-state index in [1.807, 2.05) is 23.7 Å². The minimum atomic E-state index is 0.0652. The molecule has 6 nitrogen and oxygen atoms in total. The number of hydrogen-bond donors (Lipinski definition) is 2. The number of rotatable bonds is 3. The minimum Gasteiger partial charge on any atom is -0.384 e. The molecule has 3 rings (SSSR count). The van der Waals surface area contributed by atoms with Gasteiger partial charge in [-0.3, -0.25) is 5.41 Å². The van der Waals surface area contributed by atoms with E-state index in [4.69, 9.17) is 11.1 Å². The first-order chi connectivity index (χ1) is 9.75. The van der Waals surface area contributed by atoms with Gasteiger partial charge in [-0.05, 0) is 12.1 Å². The van der Waals surface area contributed by atoms with Gasteiger partial charge in [0.15, 0.2) is 5.13 Å². The van der Waals surface area contributed by atoms with Gasteiger partial charge in [-0.2, -0.15) is 0 Å². The molecule has 0 aliphatic carbocycles. The van der Waals surface area contributed by atoms with Crippen molar-refractivity contribution in [2.75, 3.05) is 36.0 Å². The van der Waals surface area contributed by atoms with Crippen molar-refractivity contribution in [1.29, 1.82) is 5.41 Å². The molecule has 0 atom stereocenters. The molecule has 0 saturated carbocycles. The smallest absolute Gasteiger partial charge is 0.185 e. The van der Waals surface area contributed by atoms with Crippen LogP contribution in [0.15, 0.2) is 29.9 Å². The van der Waals surface area contributed by atoms with Gasteiger partial charge < -0.3 is 15.5 Å². The standard InChI is InChI=1S/C13H16N6S/c14-11(15)10-2-1-3-16-12(10)18-5-7-19(8-6-18)13-17-4-9-20-13/h1-4,9H,5-8H2,(H3,14,15). The van der Waals surface area contributed by atoms with Crippen LogP contribution < -0.4 is 15.5 Å². The quantitative estimate of drug-likeness (QED) is 0.654. The number of pyridine rings is 1. The van der Waals surface area contributed by atoms with Crippen molar-refractivity contribution in [2.24, 2.45) is 5.73 Å². The van der Waals surface area contributed by atoms with Gasteiger partial charge in [-0.15, -0.1) is 11.3 Å². The molecule has 0 aromatic carbocycles. The molecular weight excluding hydrogens is 272 g/mol. The van der Waals surface area contributed by atoms with E-state index in [2.05, 4.69) is 19.8 Å². The van der Waals surface area contributed by atoms with Crippen molar-refractivity contribution in [3.63, 3.8) is 0 Å². The molecule has 1 aliphatic rings. The van der Waals surface area contributed by atoms with Gasteiger partial charge in [0, 0.05) is 44.0 Å². The Balaban J connectivity index is 1.74. The summed E-state index contributed by atoms with van der Waals surface area (Å²) in [4.78, 5) is 13.2. The lowest BCUT2D eigenvalue weighted by atomic mass is 10.2. The number of aromatic nitrogens is 2. The molecule has 7 heteroatoms. The maximum Gasteiger partial charge on any atom is 0.185 e. The molecule has 0 spiro atoms. The maximum absolute atomic E-state index is 7.64. The summed E-state index contributed by atoms with van der Waals surface area (Å²) in [5.74, 6) is 0.870. The van der Waals surface area contributed by atoms with Crippen LogP contribution in [0.25, 0.3) is 0 Å². The van der Waals surface area contributed by atoms with Crippen LogP contribution in [-0.4, -0.2) is 42.0 Å². The van der Waals surface area contributed by atoms with Crippen LogP contribution in [0.1, 0.15) is 5.56 Å². The number of amidine groups is 1. The van der Waals surface area contributed by atoms with Gasteiger partial charge in [0.05, 0.1) is 5.56 Å². The van der Waals surface area contributed by atoms with Crippen LogP contribution in [0.5, 0.6) is 0 Å². The van der Waals surface area contributed by atoms with Crippen LogP contribution in [0.2, 0.25) is 0 Å². The third-order valence-electron chi connectivity index (χ3n) is 3.35. The first kappa shape index (κ1) is 12.9.